The largest absolute Gasteiger partial charge is 0.392 e. The Morgan fingerprint density at radius 1 is 1.26 bits per heavy atom. The Labute approximate surface area is 113 Å². The van der Waals surface area contributed by atoms with E-state index in [0.717, 1.165) is 29.8 Å². The quantitative estimate of drug-likeness (QED) is 0.784. The van der Waals surface area contributed by atoms with Crippen LogP contribution in [0.25, 0.3) is 11.3 Å². The van der Waals surface area contributed by atoms with Gasteiger partial charge in [0, 0.05) is 18.3 Å². The van der Waals surface area contributed by atoms with E-state index in [9.17, 15) is 5.11 Å². The normalized spacial score (nSPS) is 10.8. The van der Waals surface area contributed by atoms with E-state index in [0.29, 0.717) is 5.95 Å². The molecule has 0 aliphatic carbocycles. The van der Waals surface area contributed by atoms with E-state index in [-0.39, 0.29) is 6.61 Å². The van der Waals surface area contributed by atoms with Crippen molar-refractivity contribution in [1.29, 1.82) is 0 Å². The number of benzene rings is 1. The van der Waals surface area contributed by atoms with E-state index < -0.39 is 0 Å². The first-order chi connectivity index (χ1) is 9.26. The van der Waals surface area contributed by atoms with Crippen molar-refractivity contribution in [2.45, 2.75) is 39.3 Å². The first kappa shape index (κ1) is 13.6. The number of hydrogen-bond donors (Lipinski definition) is 2. The van der Waals surface area contributed by atoms with Gasteiger partial charge in [0.25, 0.3) is 0 Å². The van der Waals surface area contributed by atoms with Gasteiger partial charge in [-0.05, 0) is 12.0 Å². The summed E-state index contributed by atoms with van der Waals surface area (Å²) in [6.07, 6.45) is 5.46. The van der Waals surface area contributed by atoms with Crippen LogP contribution in [0.15, 0.2) is 30.5 Å². The number of hydrogen-bond acceptors (Lipinski definition) is 3. The van der Waals surface area contributed by atoms with Crippen molar-refractivity contribution < 1.29 is 5.11 Å². The third-order valence-corrected chi connectivity index (χ3v) is 3.27. The van der Waals surface area contributed by atoms with Crippen LogP contribution in [0.3, 0.4) is 0 Å². The van der Waals surface area contributed by atoms with Crippen molar-refractivity contribution in [2.75, 3.05) is 5.73 Å². The number of rotatable bonds is 6. The molecule has 0 aliphatic heterocycles. The van der Waals surface area contributed by atoms with Crippen LogP contribution in [-0.4, -0.2) is 14.7 Å². The van der Waals surface area contributed by atoms with E-state index in [1.54, 1.807) is 0 Å². The molecule has 0 aliphatic rings. The van der Waals surface area contributed by atoms with Crippen molar-refractivity contribution in [3.63, 3.8) is 0 Å². The van der Waals surface area contributed by atoms with E-state index in [4.69, 9.17) is 5.73 Å². The Hall–Kier alpha value is -1.81. The molecule has 3 N–H and O–H groups in total. The molecule has 2 aromatic rings. The molecule has 0 saturated carbocycles. The second-order valence-electron chi connectivity index (χ2n) is 4.70. The lowest BCUT2D eigenvalue weighted by Crippen LogP contribution is -2.02. The maximum atomic E-state index is 9.36. The van der Waals surface area contributed by atoms with Crippen LogP contribution in [-0.2, 0) is 13.2 Å². The van der Waals surface area contributed by atoms with E-state index in [1.807, 2.05) is 35.0 Å². The topological polar surface area (TPSA) is 64.1 Å². The zero-order chi connectivity index (χ0) is 13.7. The summed E-state index contributed by atoms with van der Waals surface area (Å²) in [7, 11) is 0. The summed E-state index contributed by atoms with van der Waals surface area (Å²) in [6, 6.07) is 7.72. The number of unbranched alkanes of at least 4 members (excludes halogenated alkanes) is 2. The van der Waals surface area contributed by atoms with Gasteiger partial charge in [-0.3, -0.25) is 0 Å². The molecule has 1 heterocycles. The Balaban J connectivity index is 2.23. The minimum absolute atomic E-state index is 0.0127. The standard InChI is InChI=1S/C15H21N3O/c1-2-3-6-9-18-10-14(17-15(18)16)13-8-5-4-7-12(13)11-19/h4-5,7-8,10,19H,2-3,6,9,11H2,1H3,(H2,16,17). The van der Waals surface area contributed by atoms with Crippen molar-refractivity contribution in [2.24, 2.45) is 0 Å². The van der Waals surface area contributed by atoms with Gasteiger partial charge >= 0.3 is 0 Å². The molecule has 0 fully saturated rings. The number of anilines is 1. The van der Waals surface area contributed by atoms with Gasteiger partial charge in [0.05, 0.1) is 12.3 Å². The highest BCUT2D eigenvalue weighted by Crippen LogP contribution is 2.24. The average molecular weight is 259 g/mol. The van der Waals surface area contributed by atoms with Gasteiger partial charge < -0.3 is 15.4 Å². The van der Waals surface area contributed by atoms with Crippen LogP contribution in [0.1, 0.15) is 31.7 Å². The van der Waals surface area contributed by atoms with Gasteiger partial charge in [0.2, 0.25) is 5.95 Å². The summed E-state index contributed by atoms with van der Waals surface area (Å²) in [5.41, 5.74) is 8.60. The molecule has 4 nitrogen and oxygen atoms in total. The molecule has 102 valence electrons. The number of nitrogens with zero attached hydrogens (tertiary/aromatic N) is 2. The lowest BCUT2D eigenvalue weighted by atomic mass is 10.1. The molecule has 0 radical (unpaired) electrons. The zero-order valence-corrected chi connectivity index (χ0v) is 11.3. The maximum absolute atomic E-state index is 9.36. The number of nitrogens with two attached hydrogens (primary N) is 1. The van der Waals surface area contributed by atoms with Crippen molar-refractivity contribution in [3.05, 3.63) is 36.0 Å². The second kappa shape index (κ2) is 6.38. The van der Waals surface area contributed by atoms with Gasteiger partial charge in [-0.15, -0.1) is 0 Å². The molecule has 0 spiro atoms. The minimum Gasteiger partial charge on any atom is -0.392 e. The summed E-state index contributed by atoms with van der Waals surface area (Å²) in [5, 5.41) is 9.36. The van der Waals surface area contributed by atoms with E-state index >= 15 is 0 Å². The number of nitrogen functional groups attached to an aromatic ring is 1. The Morgan fingerprint density at radius 3 is 2.79 bits per heavy atom. The molecular formula is C15H21N3O. The fourth-order valence-corrected chi connectivity index (χ4v) is 2.18. The third kappa shape index (κ3) is 3.15. The molecule has 1 aromatic carbocycles. The molecule has 19 heavy (non-hydrogen) atoms. The summed E-state index contributed by atoms with van der Waals surface area (Å²) < 4.78 is 1.99. The monoisotopic (exact) mass is 259 g/mol. The molecular weight excluding hydrogens is 238 g/mol. The summed E-state index contributed by atoms with van der Waals surface area (Å²) in [6.45, 7) is 3.09. The number of imidazole rings is 1. The van der Waals surface area contributed by atoms with E-state index in [1.165, 1.54) is 12.8 Å². The van der Waals surface area contributed by atoms with E-state index in [2.05, 4.69) is 11.9 Å². The predicted molar refractivity (Wildman–Crippen MR) is 77.5 cm³/mol. The van der Waals surface area contributed by atoms with Crippen LogP contribution < -0.4 is 5.73 Å². The molecule has 0 atom stereocenters. The number of aliphatic hydroxyl groups is 1. The zero-order valence-electron chi connectivity index (χ0n) is 11.3. The summed E-state index contributed by atoms with van der Waals surface area (Å²) in [5.74, 6) is 0.541. The highest BCUT2D eigenvalue weighted by atomic mass is 16.3. The van der Waals surface area contributed by atoms with Crippen molar-refractivity contribution >= 4 is 5.95 Å². The Kier molecular flexibility index (Phi) is 4.58. The smallest absolute Gasteiger partial charge is 0.200 e. The molecule has 1 aromatic heterocycles. The Morgan fingerprint density at radius 2 is 2.05 bits per heavy atom. The SMILES string of the molecule is CCCCCn1cc(-c2ccccc2CO)nc1N. The van der Waals surface area contributed by atoms with Crippen molar-refractivity contribution in [1.82, 2.24) is 9.55 Å². The summed E-state index contributed by atoms with van der Waals surface area (Å²) >= 11 is 0. The maximum Gasteiger partial charge on any atom is 0.200 e. The first-order valence-corrected chi connectivity index (χ1v) is 6.78. The average Bonchev–Trinajstić information content (AvgIpc) is 2.80. The molecule has 2 rings (SSSR count). The predicted octanol–water partition coefficient (Wildman–Crippen LogP) is 2.81. The fourth-order valence-electron chi connectivity index (χ4n) is 2.18. The van der Waals surface area contributed by atoms with Crippen LogP contribution in [0.2, 0.25) is 0 Å². The van der Waals surface area contributed by atoms with Gasteiger partial charge in [-0.2, -0.15) is 0 Å². The van der Waals surface area contributed by atoms with Gasteiger partial charge in [-0.25, -0.2) is 4.98 Å². The molecule has 0 saturated heterocycles. The van der Waals surface area contributed by atoms with Crippen LogP contribution in [0.4, 0.5) is 5.95 Å². The molecule has 4 heteroatoms. The second-order valence-corrected chi connectivity index (χ2v) is 4.70. The first-order valence-electron chi connectivity index (χ1n) is 6.78. The lowest BCUT2D eigenvalue weighted by Gasteiger charge is -2.03. The van der Waals surface area contributed by atoms with Crippen molar-refractivity contribution in [3.8, 4) is 11.3 Å². The molecule has 0 amide bonds. The minimum atomic E-state index is 0.0127. The summed E-state index contributed by atoms with van der Waals surface area (Å²) in [4.78, 5) is 4.40. The number of aliphatic hydroxyl groups excluding tert-OH is 1. The highest BCUT2D eigenvalue weighted by Gasteiger charge is 2.09. The third-order valence-electron chi connectivity index (χ3n) is 3.27. The van der Waals surface area contributed by atoms with Crippen LogP contribution >= 0.6 is 0 Å². The Bertz CT molecular complexity index is 534. The molecule has 0 unspecified atom stereocenters. The van der Waals surface area contributed by atoms with Crippen LogP contribution in [0, 0.1) is 0 Å². The van der Waals surface area contributed by atoms with Gasteiger partial charge in [0.1, 0.15) is 0 Å². The number of aromatic nitrogens is 2. The molecule has 0 bridgehead atoms. The van der Waals surface area contributed by atoms with Gasteiger partial charge in [-0.1, -0.05) is 44.0 Å². The fraction of sp³-hybridized carbons (Fsp3) is 0.400. The van der Waals surface area contributed by atoms with Gasteiger partial charge in [0.15, 0.2) is 0 Å². The lowest BCUT2D eigenvalue weighted by molar-refractivity contribution is 0.282. The number of aryl methyl sites for hydroxylation is 1. The van der Waals surface area contributed by atoms with Crippen LogP contribution in [0.5, 0.6) is 0 Å². The highest BCUT2D eigenvalue weighted by molar-refractivity contribution is 5.64.